The fourth-order valence-corrected chi connectivity index (χ4v) is 3.14. The molecule has 0 radical (unpaired) electrons. The van der Waals surface area contributed by atoms with E-state index in [1.165, 1.54) is 0 Å². The summed E-state index contributed by atoms with van der Waals surface area (Å²) in [5, 5.41) is 9.81. The van der Waals surface area contributed by atoms with Crippen LogP contribution in [0.3, 0.4) is 0 Å². The highest BCUT2D eigenvalue weighted by Gasteiger charge is 2.24. The van der Waals surface area contributed by atoms with E-state index in [1.54, 1.807) is 17.0 Å². The van der Waals surface area contributed by atoms with Crippen LogP contribution in [0.1, 0.15) is 27.0 Å². The van der Waals surface area contributed by atoms with E-state index in [-0.39, 0.29) is 12.5 Å². The van der Waals surface area contributed by atoms with E-state index < -0.39 is 0 Å². The fourth-order valence-electron chi connectivity index (χ4n) is 2.54. The summed E-state index contributed by atoms with van der Waals surface area (Å²) in [4.78, 5) is 14.3. The number of amides is 1. The van der Waals surface area contributed by atoms with E-state index in [2.05, 4.69) is 0 Å². The molecule has 2 aromatic carbocycles. The molecule has 5 heteroatoms. The van der Waals surface area contributed by atoms with Crippen LogP contribution in [0.5, 0.6) is 0 Å². The van der Waals surface area contributed by atoms with Gasteiger partial charge in [0, 0.05) is 34.3 Å². The molecule has 0 atom stereocenters. The van der Waals surface area contributed by atoms with Gasteiger partial charge in [-0.3, -0.25) is 4.79 Å². The van der Waals surface area contributed by atoms with Gasteiger partial charge in [-0.1, -0.05) is 47.5 Å². The van der Waals surface area contributed by atoms with Gasteiger partial charge < -0.3 is 10.0 Å². The summed E-state index contributed by atoms with van der Waals surface area (Å²) in [6.45, 7) is 0.930. The zero-order valence-corrected chi connectivity index (χ0v) is 12.7. The minimum Gasteiger partial charge on any atom is -0.392 e. The number of carbonyl (C=O) groups is 1. The number of hydrogen-bond acceptors (Lipinski definition) is 2. The highest BCUT2D eigenvalue weighted by molar-refractivity contribution is 6.36. The van der Waals surface area contributed by atoms with Crippen molar-refractivity contribution in [2.45, 2.75) is 19.7 Å². The summed E-state index contributed by atoms with van der Waals surface area (Å²) in [5.74, 6) is -0.112. The van der Waals surface area contributed by atoms with E-state index >= 15 is 0 Å². The number of hydrogen-bond donors (Lipinski definition) is 1. The van der Waals surface area contributed by atoms with Crippen molar-refractivity contribution in [1.29, 1.82) is 0 Å². The molecule has 1 heterocycles. The van der Waals surface area contributed by atoms with Crippen LogP contribution in [0.25, 0.3) is 0 Å². The van der Waals surface area contributed by atoms with E-state index in [0.717, 1.165) is 11.1 Å². The molecule has 0 saturated carbocycles. The van der Waals surface area contributed by atoms with Gasteiger partial charge in [-0.2, -0.15) is 0 Å². The summed E-state index contributed by atoms with van der Waals surface area (Å²) in [7, 11) is 0. The Labute approximate surface area is 132 Å². The summed E-state index contributed by atoms with van der Waals surface area (Å²) >= 11 is 12.1. The lowest BCUT2D eigenvalue weighted by molar-refractivity contribution is 0.0751. The van der Waals surface area contributed by atoms with Crippen LogP contribution in [-0.4, -0.2) is 15.9 Å². The third kappa shape index (κ3) is 2.64. The van der Waals surface area contributed by atoms with Gasteiger partial charge in [0.25, 0.3) is 5.91 Å². The smallest absolute Gasteiger partial charge is 0.254 e. The summed E-state index contributed by atoms with van der Waals surface area (Å²) < 4.78 is 0. The normalized spacial score (nSPS) is 13.4. The molecule has 0 unspecified atom stereocenters. The first-order valence-corrected chi connectivity index (χ1v) is 7.30. The average molecular weight is 322 g/mol. The van der Waals surface area contributed by atoms with Crippen molar-refractivity contribution in [3.63, 3.8) is 0 Å². The molecule has 0 fully saturated rings. The van der Waals surface area contributed by atoms with Crippen LogP contribution >= 0.6 is 23.2 Å². The molecule has 1 aliphatic heterocycles. The predicted octanol–water partition coefficient (Wildman–Crippen LogP) is 3.64. The number of halogens is 2. The van der Waals surface area contributed by atoms with E-state index in [1.807, 2.05) is 24.3 Å². The van der Waals surface area contributed by atoms with Gasteiger partial charge in [0.1, 0.15) is 0 Å². The molecule has 0 bridgehead atoms. The second-order valence-corrected chi connectivity index (χ2v) is 5.82. The second kappa shape index (κ2) is 5.68. The van der Waals surface area contributed by atoms with Crippen molar-refractivity contribution in [2.24, 2.45) is 0 Å². The standard InChI is InChI=1S/C16H13Cl2NO2/c17-14-5-12(6-15(18)13(14)9-20)16(21)19-7-10-3-1-2-4-11(10)8-19/h1-6,20H,7-9H2. The topological polar surface area (TPSA) is 40.5 Å². The van der Waals surface area contributed by atoms with Crippen molar-refractivity contribution < 1.29 is 9.90 Å². The van der Waals surface area contributed by atoms with E-state index in [4.69, 9.17) is 23.2 Å². The maximum Gasteiger partial charge on any atom is 0.254 e. The number of fused-ring (bicyclic) bond motifs is 1. The third-order valence-corrected chi connectivity index (χ3v) is 4.35. The Morgan fingerprint density at radius 2 is 1.62 bits per heavy atom. The number of carbonyl (C=O) groups excluding carboxylic acids is 1. The summed E-state index contributed by atoms with van der Waals surface area (Å²) in [6, 6.07) is 11.1. The lowest BCUT2D eigenvalue weighted by Gasteiger charge is -2.16. The Morgan fingerprint density at radius 1 is 1.10 bits per heavy atom. The van der Waals surface area contributed by atoms with Crippen LogP contribution in [0.2, 0.25) is 10.0 Å². The quantitative estimate of drug-likeness (QED) is 0.917. The van der Waals surface area contributed by atoms with Crippen LogP contribution in [0.4, 0.5) is 0 Å². The van der Waals surface area contributed by atoms with Gasteiger partial charge in [0.05, 0.1) is 6.61 Å². The van der Waals surface area contributed by atoms with E-state index in [9.17, 15) is 9.90 Å². The monoisotopic (exact) mass is 321 g/mol. The average Bonchev–Trinajstić information content (AvgIpc) is 2.90. The molecule has 1 aliphatic rings. The van der Waals surface area contributed by atoms with Gasteiger partial charge in [0.15, 0.2) is 0 Å². The molecule has 21 heavy (non-hydrogen) atoms. The maximum absolute atomic E-state index is 12.6. The molecule has 0 aromatic heterocycles. The summed E-state index contributed by atoms with van der Waals surface area (Å²) in [5.41, 5.74) is 3.21. The number of nitrogens with zero attached hydrogens (tertiary/aromatic N) is 1. The van der Waals surface area contributed by atoms with Crippen molar-refractivity contribution in [2.75, 3.05) is 0 Å². The van der Waals surface area contributed by atoms with Crippen molar-refractivity contribution >= 4 is 29.1 Å². The van der Waals surface area contributed by atoms with Gasteiger partial charge in [-0.15, -0.1) is 0 Å². The highest BCUT2D eigenvalue weighted by Crippen LogP contribution is 2.29. The Bertz CT molecular complexity index is 667. The van der Waals surface area contributed by atoms with E-state index in [0.29, 0.717) is 34.3 Å². The molecule has 0 aliphatic carbocycles. The van der Waals surface area contributed by atoms with Crippen LogP contribution < -0.4 is 0 Å². The Hall–Kier alpha value is -1.55. The van der Waals surface area contributed by atoms with Gasteiger partial charge in [-0.05, 0) is 23.3 Å². The van der Waals surface area contributed by atoms with Crippen LogP contribution in [0.15, 0.2) is 36.4 Å². The number of aliphatic hydroxyl groups excluding tert-OH is 1. The first-order chi connectivity index (χ1) is 10.1. The Kier molecular flexibility index (Phi) is 3.89. The Balaban J connectivity index is 1.88. The largest absolute Gasteiger partial charge is 0.392 e. The highest BCUT2D eigenvalue weighted by atomic mass is 35.5. The fraction of sp³-hybridized carbons (Fsp3) is 0.188. The SMILES string of the molecule is O=C(c1cc(Cl)c(CO)c(Cl)c1)N1Cc2ccccc2C1. The number of rotatable bonds is 2. The number of aliphatic hydroxyl groups is 1. The minimum absolute atomic E-state index is 0.112. The second-order valence-electron chi connectivity index (χ2n) is 5.01. The lowest BCUT2D eigenvalue weighted by atomic mass is 10.1. The molecule has 0 saturated heterocycles. The molecule has 1 amide bonds. The molecular weight excluding hydrogens is 309 g/mol. The molecule has 108 valence electrons. The summed E-state index contributed by atoms with van der Waals surface area (Å²) in [6.07, 6.45) is 0. The van der Waals surface area contributed by atoms with Gasteiger partial charge >= 0.3 is 0 Å². The van der Waals surface area contributed by atoms with Crippen LogP contribution in [0, 0.1) is 0 Å². The van der Waals surface area contributed by atoms with Gasteiger partial charge in [-0.25, -0.2) is 0 Å². The lowest BCUT2D eigenvalue weighted by Crippen LogP contribution is -2.25. The molecular formula is C16H13Cl2NO2. The first kappa shape index (κ1) is 14.4. The van der Waals surface area contributed by atoms with Crippen molar-refractivity contribution in [3.8, 4) is 0 Å². The zero-order valence-electron chi connectivity index (χ0n) is 11.1. The van der Waals surface area contributed by atoms with Gasteiger partial charge in [0.2, 0.25) is 0 Å². The zero-order chi connectivity index (χ0) is 15.0. The number of benzene rings is 2. The molecule has 2 aromatic rings. The first-order valence-electron chi connectivity index (χ1n) is 6.55. The third-order valence-electron chi connectivity index (χ3n) is 3.67. The predicted molar refractivity (Wildman–Crippen MR) is 82.4 cm³/mol. The minimum atomic E-state index is -0.249. The molecule has 3 rings (SSSR count). The molecule has 1 N–H and O–H groups in total. The maximum atomic E-state index is 12.6. The van der Waals surface area contributed by atoms with Crippen molar-refractivity contribution in [1.82, 2.24) is 4.90 Å². The van der Waals surface area contributed by atoms with Crippen LogP contribution in [-0.2, 0) is 19.7 Å². The molecule has 3 nitrogen and oxygen atoms in total. The Morgan fingerprint density at radius 3 is 2.10 bits per heavy atom. The van der Waals surface area contributed by atoms with Crippen molar-refractivity contribution in [3.05, 3.63) is 68.7 Å². The molecule has 0 spiro atoms.